The van der Waals surface area contributed by atoms with E-state index in [1.807, 2.05) is 0 Å². The molecular weight excluding hydrogens is 344 g/mol. The third-order valence-electron chi connectivity index (χ3n) is 5.43. The van der Waals surface area contributed by atoms with Gasteiger partial charge in [0.05, 0.1) is 0 Å². The van der Waals surface area contributed by atoms with Crippen molar-refractivity contribution in [2.24, 2.45) is 0 Å². The minimum absolute atomic E-state index is 0.874. The molecule has 0 aliphatic carbocycles. The molecule has 0 amide bonds. The van der Waals surface area contributed by atoms with Crippen molar-refractivity contribution in [1.82, 2.24) is 25.0 Å². The van der Waals surface area contributed by atoms with Crippen LogP contribution in [0.5, 0.6) is 0 Å². The Morgan fingerprint density at radius 1 is 0.923 bits per heavy atom. The van der Waals surface area contributed by atoms with E-state index in [0.29, 0.717) is 0 Å². The van der Waals surface area contributed by atoms with Gasteiger partial charge in [-0.1, -0.05) is 24.2 Å². The number of nitrogens with one attached hydrogen (secondary N) is 1. The van der Waals surface area contributed by atoms with Gasteiger partial charge in [-0.15, -0.1) is 10.2 Å². The Balaban J connectivity index is 1.34. The van der Waals surface area contributed by atoms with Gasteiger partial charge in [-0.3, -0.25) is 4.57 Å². The molecule has 142 valence electrons. The Labute approximate surface area is 160 Å². The molecule has 2 saturated heterocycles. The first kappa shape index (κ1) is 17.9. The average Bonchev–Trinajstić information content (AvgIpc) is 3.38. The number of anilines is 1. The van der Waals surface area contributed by atoms with Gasteiger partial charge in [-0.25, -0.2) is 0 Å². The van der Waals surface area contributed by atoms with Crippen molar-refractivity contribution in [3.05, 3.63) is 24.0 Å². The molecule has 0 spiro atoms. The van der Waals surface area contributed by atoms with Gasteiger partial charge in [0.1, 0.15) is 0 Å². The predicted octanol–water partition coefficient (Wildman–Crippen LogP) is 2.89. The lowest BCUT2D eigenvalue weighted by molar-refractivity contribution is 0.335. The SMILES string of the molecule is c1cc(CNCCN2CCCC2)n(-c2nnc(N3CCCCCC3)s2)c1. The molecule has 2 aromatic heterocycles. The van der Waals surface area contributed by atoms with Gasteiger partial charge >= 0.3 is 0 Å². The molecule has 2 aliphatic heterocycles. The molecule has 0 radical (unpaired) electrons. The van der Waals surface area contributed by atoms with Gasteiger partial charge in [0.2, 0.25) is 10.3 Å². The molecule has 6 nitrogen and oxygen atoms in total. The van der Waals surface area contributed by atoms with E-state index in [0.717, 1.165) is 43.0 Å². The highest BCUT2D eigenvalue weighted by Crippen LogP contribution is 2.26. The van der Waals surface area contributed by atoms with Gasteiger partial charge < -0.3 is 15.1 Å². The van der Waals surface area contributed by atoms with Crippen molar-refractivity contribution in [2.45, 2.75) is 45.1 Å². The predicted molar refractivity (Wildman–Crippen MR) is 107 cm³/mol. The van der Waals surface area contributed by atoms with Gasteiger partial charge in [0.25, 0.3) is 0 Å². The fourth-order valence-corrected chi connectivity index (χ4v) is 4.82. The highest BCUT2D eigenvalue weighted by Gasteiger charge is 2.16. The zero-order valence-electron chi connectivity index (χ0n) is 15.6. The summed E-state index contributed by atoms with van der Waals surface area (Å²) < 4.78 is 2.18. The topological polar surface area (TPSA) is 49.2 Å². The summed E-state index contributed by atoms with van der Waals surface area (Å²) in [7, 11) is 0. The van der Waals surface area contributed by atoms with E-state index in [2.05, 4.69) is 48.2 Å². The van der Waals surface area contributed by atoms with Gasteiger partial charge in [-0.05, 0) is 50.9 Å². The van der Waals surface area contributed by atoms with Crippen LogP contribution in [0.25, 0.3) is 5.13 Å². The maximum atomic E-state index is 4.47. The highest BCUT2D eigenvalue weighted by atomic mass is 32.1. The van der Waals surface area contributed by atoms with Crippen LogP contribution in [-0.2, 0) is 6.54 Å². The molecule has 2 fully saturated rings. The molecule has 2 aromatic rings. The highest BCUT2D eigenvalue weighted by molar-refractivity contribution is 7.17. The van der Waals surface area contributed by atoms with Crippen molar-refractivity contribution in [3.8, 4) is 5.13 Å². The first-order chi connectivity index (χ1) is 12.9. The zero-order valence-corrected chi connectivity index (χ0v) is 16.4. The normalized spacial score (nSPS) is 19.2. The first-order valence-corrected chi connectivity index (χ1v) is 10.9. The fourth-order valence-electron chi connectivity index (χ4n) is 3.90. The Morgan fingerprint density at radius 3 is 2.46 bits per heavy atom. The number of aromatic nitrogens is 3. The maximum absolute atomic E-state index is 4.47. The number of likely N-dealkylation sites (tertiary alicyclic amines) is 1. The second-order valence-electron chi connectivity index (χ2n) is 7.36. The van der Waals surface area contributed by atoms with Crippen LogP contribution in [0.3, 0.4) is 0 Å². The summed E-state index contributed by atoms with van der Waals surface area (Å²) in [5, 5.41) is 14.6. The van der Waals surface area contributed by atoms with Gasteiger partial charge in [0.15, 0.2) is 0 Å². The Morgan fingerprint density at radius 2 is 1.65 bits per heavy atom. The minimum Gasteiger partial charge on any atom is -0.347 e. The van der Waals surface area contributed by atoms with E-state index < -0.39 is 0 Å². The minimum atomic E-state index is 0.874. The van der Waals surface area contributed by atoms with Crippen molar-refractivity contribution in [1.29, 1.82) is 0 Å². The second kappa shape index (κ2) is 8.97. The second-order valence-corrected chi connectivity index (χ2v) is 8.30. The fraction of sp³-hybridized carbons (Fsp3) is 0.684. The number of hydrogen-bond acceptors (Lipinski definition) is 6. The van der Waals surface area contributed by atoms with Crippen molar-refractivity contribution < 1.29 is 0 Å². The molecule has 7 heteroatoms. The van der Waals surface area contributed by atoms with Crippen LogP contribution in [0, 0.1) is 0 Å². The smallest absolute Gasteiger partial charge is 0.218 e. The van der Waals surface area contributed by atoms with Gasteiger partial charge in [-0.2, -0.15) is 0 Å². The largest absolute Gasteiger partial charge is 0.347 e. The van der Waals surface area contributed by atoms with E-state index in [1.165, 1.54) is 57.3 Å². The molecule has 0 atom stereocenters. The summed E-state index contributed by atoms with van der Waals surface area (Å²) in [5.74, 6) is 0. The summed E-state index contributed by atoms with van der Waals surface area (Å²) in [6, 6.07) is 4.28. The Hall–Kier alpha value is -1.44. The molecule has 26 heavy (non-hydrogen) atoms. The molecule has 0 saturated carbocycles. The summed E-state index contributed by atoms with van der Waals surface area (Å²) in [6.45, 7) is 7.83. The van der Waals surface area contributed by atoms with E-state index in [1.54, 1.807) is 11.3 Å². The number of hydrogen-bond donors (Lipinski definition) is 1. The van der Waals surface area contributed by atoms with Crippen LogP contribution in [0.2, 0.25) is 0 Å². The van der Waals surface area contributed by atoms with Crippen molar-refractivity contribution in [3.63, 3.8) is 0 Å². The zero-order chi connectivity index (χ0) is 17.6. The molecule has 1 N–H and O–H groups in total. The number of nitrogens with zero attached hydrogens (tertiary/aromatic N) is 5. The van der Waals surface area contributed by atoms with Crippen LogP contribution in [0.4, 0.5) is 5.13 Å². The lowest BCUT2D eigenvalue weighted by Gasteiger charge is -2.17. The van der Waals surface area contributed by atoms with Gasteiger partial charge in [0, 0.05) is 44.6 Å². The molecule has 2 aliphatic rings. The number of rotatable bonds is 7. The standard InChI is InChI=1S/C19H30N6S/c1-2-4-13-24(12-3-1)18-21-22-19(26-18)25-14-7-8-17(25)16-20-9-15-23-10-5-6-11-23/h7-8,14,20H,1-6,9-13,15-16H2. The molecular formula is C19H30N6S. The monoisotopic (exact) mass is 374 g/mol. The average molecular weight is 375 g/mol. The summed E-state index contributed by atoms with van der Waals surface area (Å²) in [6.07, 6.45) is 10.0. The van der Waals surface area contributed by atoms with Crippen molar-refractivity contribution >= 4 is 16.5 Å². The van der Waals surface area contributed by atoms with E-state index in [9.17, 15) is 0 Å². The third-order valence-corrected chi connectivity index (χ3v) is 6.41. The Kier molecular flexibility index (Phi) is 6.19. The molecule has 4 heterocycles. The lowest BCUT2D eigenvalue weighted by Crippen LogP contribution is -2.30. The molecule has 0 bridgehead atoms. The van der Waals surface area contributed by atoms with E-state index >= 15 is 0 Å². The summed E-state index contributed by atoms with van der Waals surface area (Å²) in [4.78, 5) is 4.95. The lowest BCUT2D eigenvalue weighted by atomic mass is 10.2. The quantitative estimate of drug-likeness (QED) is 0.755. The van der Waals surface area contributed by atoms with Crippen LogP contribution in [-0.4, -0.2) is 58.9 Å². The maximum Gasteiger partial charge on any atom is 0.218 e. The first-order valence-electron chi connectivity index (χ1n) is 10.1. The molecule has 0 aromatic carbocycles. The van der Waals surface area contributed by atoms with Crippen molar-refractivity contribution in [2.75, 3.05) is 44.2 Å². The molecule has 0 unspecified atom stereocenters. The summed E-state index contributed by atoms with van der Waals surface area (Å²) in [5.41, 5.74) is 1.25. The third kappa shape index (κ3) is 4.45. The van der Waals surface area contributed by atoms with Crippen LogP contribution in [0.1, 0.15) is 44.2 Å². The van der Waals surface area contributed by atoms with Crippen LogP contribution >= 0.6 is 11.3 Å². The summed E-state index contributed by atoms with van der Waals surface area (Å²) >= 11 is 1.71. The van der Waals surface area contributed by atoms with Crippen LogP contribution < -0.4 is 10.2 Å². The van der Waals surface area contributed by atoms with E-state index in [-0.39, 0.29) is 0 Å². The van der Waals surface area contributed by atoms with Crippen LogP contribution in [0.15, 0.2) is 18.3 Å². The van der Waals surface area contributed by atoms with E-state index in [4.69, 9.17) is 0 Å². The Bertz CT molecular complexity index is 667. The molecule has 4 rings (SSSR count).